The first-order valence-electron chi connectivity index (χ1n) is 7.21. The van der Waals surface area contributed by atoms with Crippen LogP contribution in [-0.2, 0) is 16.4 Å². The van der Waals surface area contributed by atoms with Gasteiger partial charge in [0.25, 0.3) is 10.0 Å². The van der Waals surface area contributed by atoms with Gasteiger partial charge in [0.2, 0.25) is 0 Å². The van der Waals surface area contributed by atoms with Crippen molar-refractivity contribution >= 4 is 27.0 Å². The number of hydrazine groups is 1. The van der Waals surface area contributed by atoms with Gasteiger partial charge in [-0.05, 0) is 24.1 Å². The molecule has 0 bridgehead atoms. The van der Waals surface area contributed by atoms with Crippen molar-refractivity contribution in [1.29, 1.82) is 0 Å². The van der Waals surface area contributed by atoms with E-state index in [2.05, 4.69) is 27.4 Å². The second-order valence-corrected chi connectivity index (χ2v) is 8.09. The van der Waals surface area contributed by atoms with Crippen LogP contribution in [0.3, 0.4) is 0 Å². The van der Waals surface area contributed by atoms with Gasteiger partial charge in [0, 0.05) is 5.25 Å². The maximum absolute atomic E-state index is 12.1. The Balaban J connectivity index is 1.52. The van der Waals surface area contributed by atoms with Crippen molar-refractivity contribution in [2.75, 3.05) is 6.54 Å². The molecule has 0 aromatic heterocycles. The predicted molar refractivity (Wildman–Crippen MR) is 93.7 cm³/mol. The lowest BCUT2D eigenvalue weighted by Crippen LogP contribution is -2.40. The zero-order valence-electron chi connectivity index (χ0n) is 12.3. The summed E-state index contributed by atoms with van der Waals surface area (Å²) < 4.78 is 24.2. The molecular weight excluding hydrogens is 330 g/mol. The number of hydrogen-bond donors (Lipinski definition) is 2. The number of nitrogens with zero attached hydrogens (tertiary/aromatic N) is 1. The quantitative estimate of drug-likeness (QED) is 0.814. The third kappa shape index (κ3) is 4.34. The van der Waals surface area contributed by atoms with E-state index in [0.29, 0.717) is 17.0 Å². The summed E-state index contributed by atoms with van der Waals surface area (Å²) in [5, 5.41) is 0.923. The first-order valence-corrected chi connectivity index (χ1v) is 9.58. The summed E-state index contributed by atoms with van der Waals surface area (Å²) in [5.41, 5.74) is 3.97. The van der Waals surface area contributed by atoms with Crippen LogP contribution in [0, 0.1) is 0 Å². The van der Waals surface area contributed by atoms with Crippen molar-refractivity contribution in [1.82, 2.24) is 10.3 Å². The number of hydrogen-bond acceptors (Lipinski definition) is 5. The van der Waals surface area contributed by atoms with Crippen LogP contribution < -0.4 is 10.3 Å². The molecule has 0 radical (unpaired) electrons. The summed E-state index contributed by atoms with van der Waals surface area (Å²) in [6, 6.07) is 18.4. The van der Waals surface area contributed by atoms with Gasteiger partial charge in [0.15, 0.2) is 5.17 Å². The Labute approximate surface area is 140 Å². The van der Waals surface area contributed by atoms with Gasteiger partial charge in [0.1, 0.15) is 0 Å². The van der Waals surface area contributed by atoms with Gasteiger partial charge in [-0.25, -0.2) is 8.42 Å². The number of amidine groups is 1. The maximum Gasteiger partial charge on any atom is 0.257 e. The summed E-state index contributed by atoms with van der Waals surface area (Å²) in [6.07, 6.45) is 0.908. The van der Waals surface area contributed by atoms with Gasteiger partial charge in [-0.3, -0.25) is 10.4 Å². The topological polar surface area (TPSA) is 70.6 Å². The molecule has 1 atom stereocenters. The molecule has 5 nitrogen and oxygen atoms in total. The molecule has 0 saturated heterocycles. The standard InChI is InChI=1S/C16H17N3O2S2/c20-23(21,15-9-5-2-6-10-15)19-18-16-17-12-14(22-16)11-13-7-3-1-4-8-13/h1-10,14,19H,11-12H2,(H,17,18)/t14-/m0/s1. The second kappa shape index (κ2) is 7.16. The van der Waals surface area contributed by atoms with Crippen LogP contribution in [-0.4, -0.2) is 25.4 Å². The number of thioether (sulfide) groups is 1. The highest BCUT2D eigenvalue weighted by Gasteiger charge is 2.21. The molecule has 0 amide bonds. The van der Waals surface area contributed by atoms with E-state index in [1.54, 1.807) is 42.1 Å². The molecule has 2 aromatic rings. The molecule has 3 rings (SSSR count). The fourth-order valence-corrected chi connectivity index (χ4v) is 4.17. The molecule has 0 saturated carbocycles. The predicted octanol–water partition coefficient (Wildman–Crippen LogP) is 2.18. The van der Waals surface area contributed by atoms with Gasteiger partial charge < -0.3 is 0 Å². The lowest BCUT2D eigenvalue weighted by molar-refractivity contribution is 0.578. The summed E-state index contributed by atoms with van der Waals surface area (Å²) >= 11 is 1.55. The van der Waals surface area contributed by atoms with E-state index in [9.17, 15) is 8.42 Å². The number of sulfonamides is 1. The van der Waals surface area contributed by atoms with Gasteiger partial charge in [-0.1, -0.05) is 60.3 Å². The van der Waals surface area contributed by atoms with Crippen molar-refractivity contribution < 1.29 is 8.42 Å². The molecule has 1 aliphatic rings. The molecule has 7 heteroatoms. The molecule has 1 aliphatic heterocycles. The highest BCUT2D eigenvalue weighted by Crippen LogP contribution is 2.23. The van der Waals surface area contributed by atoms with Crippen LogP contribution in [0.4, 0.5) is 0 Å². The van der Waals surface area contributed by atoms with E-state index in [1.807, 2.05) is 18.2 Å². The highest BCUT2D eigenvalue weighted by atomic mass is 32.2. The SMILES string of the molecule is O=S(=O)(NNC1=NC[C@H](Cc2ccccc2)S1)c1ccccc1. The zero-order chi connectivity index (χ0) is 16.1. The van der Waals surface area contributed by atoms with Gasteiger partial charge >= 0.3 is 0 Å². The fourth-order valence-electron chi connectivity index (χ4n) is 2.24. The van der Waals surface area contributed by atoms with Crippen LogP contribution in [0.2, 0.25) is 0 Å². The minimum atomic E-state index is -3.58. The largest absolute Gasteiger partial charge is 0.287 e. The van der Waals surface area contributed by atoms with Crippen molar-refractivity contribution in [3.05, 3.63) is 66.2 Å². The molecular formula is C16H17N3O2S2. The first kappa shape index (κ1) is 16.0. The molecule has 2 N–H and O–H groups in total. The molecule has 0 unspecified atom stereocenters. The number of aliphatic imine (C=N–C) groups is 1. The van der Waals surface area contributed by atoms with Crippen molar-refractivity contribution in [3.63, 3.8) is 0 Å². The van der Waals surface area contributed by atoms with Crippen molar-refractivity contribution in [2.24, 2.45) is 4.99 Å². The van der Waals surface area contributed by atoms with Crippen LogP contribution >= 0.6 is 11.8 Å². The number of rotatable bonds is 5. The number of nitrogens with one attached hydrogen (secondary N) is 2. The Bertz CT molecular complexity index is 777. The van der Waals surface area contributed by atoms with Crippen LogP contribution in [0.25, 0.3) is 0 Å². The third-order valence-corrected chi connectivity index (χ3v) is 5.74. The maximum atomic E-state index is 12.1. The Morgan fingerprint density at radius 1 is 1.04 bits per heavy atom. The van der Waals surface area contributed by atoms with Crippen molar-refractivity contribution in [2.45, 2.75) is 16.6 Å². The third-order valence-electron chi connectivity index (χ3n) is 3.37. The Hall–Kier alpha value is -1.83. The zero-order valence-corrected chi connectivity index (χ0v) is 14.0. The van der Waals surface area contributed by atoms with Gasteiger partial charge in [0.05, 0.1) is 11.4 Å². The molecule has 0 aliphatic carbocycles. The van der Waals surface area contributed by atoms with E-state index >= 15 is 0 Å². The lowest BCUT2D eigenvalue weighted by Gasteiger charge is -2.10. The molecule has 0 spiro atoms. The lowest BCUT2D eigenvalue weighted by atomic mass is 10.1. The molecule has 120 valence electrons. The summed E-state index contributed by atoms with van der Waals surface area (Å²) in [7, 11) is -3.58. The van der Waals surface area contributed by atoms with E-state index < -0.39 is 10.0 Å². The van der Waals surface area contributed by atoms with Crippen LogP contribution in [0.15, 0.2) is 70.6 Å². The summed E-state index contributed by atoms with van der Waals surface area (Å²) in [6.45, 7) is 0.676. The molecule has 23 heavy (non-hydrogen) atoms. The first-order chi connectivity index (χ1) is 11.1. The number of benzene rings is 2. The van der Waals surface area contributed by atoms with E-state index in [0.717, 1.165) is 6.42 Å². The summed E-state index contributed by atoms with van der Waals surface area (Å²) in [5.74, 6) is 0. The Kier molecular flexibility index (Phi) is 5.00. The van der Waals surface area contributed by atoms with E-state index in [4.69, 9.17) is 0 Å². The summed E-state index contributed by atoms with van der Waals surface area (Å²) in [4.78, 5) is 6.94. The monoisotopic (exact) mass is 347 g/mol. The average Bonchev–Trinajstić information content (AvgIpc) is 3.02. The molecule has 1 heterocycles. The minimum absolute atomic E-state index is 0.219. The molecule has 2 aromatic carbocycles. The van der Waals surface area contributed by atoms with Crippen molar-refractivity contribution in [3.8, 4) is 0 Å². The van der Waals surface area contributed by atoms with Crippen LogP contribution in [0.1, 0.15) is 5.56 Å². The van der Waals surface area contributed by atoms with Gasteiger partial charge in [-0.15, -0.1) is 4.83 Å². The van der Waals surface area contributed by atoms with Crippen LogP contribution in [0.5, 0.6) is 0 Å². The van der Waals surface area contributed by atoms with E-state index in [-0.39, 0.29) is 4.90 Å². The Morgan fingerprint density at radius 2 is 1.70 bits per heavy atom. The minimum Gasteiger partial charge on any atom is -0.287 e. The molecule has 0 fully saturated rings. The highest BCUT2D eigenvalue weighted by molar-refractivity contribution is 8.14. The van der Waals surface area contributed by atoms with E-state index in [1.165, 1.54) is 5.56 Å². The normalized spacial score (nSPS) is 17.7. The Morgan fingerprint density at radius 3 is 2.39 bits per heavy atom. The smallest absolute Gasteiger partial charge is 0.257 e. The average molecular weight is 347 g/mol. The van der Waals surface area contributed by atoms with Gasteiger partial charge in [-0.2, -0.15) is 0 Å². The fraction of sp³-hybridized carbons (Fsp3) is 0.188. The second-order valence-electron chi connectivity index (χ2n) is 5.12.